The summed E-state index contributed by atoms with van der Waals surface area (Å²) in [6.07, 6.45) is 0.0522. The number of ether oxygens (including phenoxy) is 1. The Morgan fingerprint density at radius 2 is 1.87 bits per heavy atom. The lowest BCUT2D eigenvalue weighted by atomic mass is 10.1. The van der Waals surface area contributed by atoms with Gasteiger partial charge in [-0.3, -0.25) is 4.79 Å². The third kappa shape index (κ3) is 3.63. The summed E-state index contributed by atoms with van der Waals surface area (Å²) in [5.41, 5.74) is 7.52. The molecule has 1 amide bonds. The van der Waals surface area contributed by atoms with Crippen molar-refractivity contribution in [2.45, 2.75) is 13.0 Å². The molecule has 4 nitrogen and oxygen atoms in total. The second-order valence-corrected chi connectivity index (χ2v) is 5.20. The van der Waals surface area contributed by atoms with E-state index in [0.717, 1.165) is 16.5 Å². The third-order valence-corrected chi connectivity index (χ3v) is 3.42. The quantitative estimate of drug-likeness (QED) is 0.788. The van der Waals surface area contributed by atoms with Crippen LogP contribution in [-0.4, -0.2) is 10.9 Å². The monoisotopic (exact) mass is 310 g/mol. The van der Waals surface area contributed by atoms with E-state index in [0.29, 0.717) is 11.4 Å². The van der Waals surface area contributed by atoms with Gasteiger partial charge < -0.3 is 10.5 Å². The Morgan fingerprint density at radius 1 is 1.13 bits per heavy atom. The van der Waals surface area contributed by atoms with Crippen molar-refractivity contribution >= 4 is 16.8 Å². The lowest BCUT2D eigenvalue weighted by molar-refractivity contribution is -0.117. The van der Waals surface area contributed by atoms with Crippen molar-refractivity contribution in [3.63, 3.8) is 0 Å². The first kappa shape index (κ1) is 15.0. The molecule has 0 aliphatic rings. The summed E-state index contributed by atoms with van der Waals surface area (Å²) in [4.78, 5) is 15.7. The largest absolute Gasteiger partial charge is 0.473 e. The Balaban J connectivity index is 1.90. The zero-order valence-corrected chi connectivity index (χ0v) is 12.3. The van der Waals surface area contributed by atoms with E-state index in [1.165, 1.54) is 12.1 Å². The zero-order valence-electron chi connectivity index (χ0n) is 12.3. The van der Waals surface area contributed by atoms with Crippen LogP contribution in [0.25, 0.3) is 10.9 Å². The van der Waals surface area contributed by atoms with E-state index in [-0.39, 0.29) is 18.8 Å². The van der Waals surface area contributed by atoms with Crippen LogP contribution in [0.1, 0.15) is 11.1 Å². The number of fused-ring (bicyclic) bond motifs is 1. The van der Waals surface area contributed by atoms with Crippen LogP contribution in [-0.2, 0) is 17.8 Å². The summed E-state index contributed by atoms with van der Waals surface area (Å²) < 4.78 is 18.7. The SMILES string of the molecule is NC(=O)Cc1cc2ccccc2nc1OCc1ccc(F)cc1. The number of nitrogens with zero attached hydrogens (tertiary/aromatic N) is 1. The molecule has 2 aromatic carbocycles. The molecular formula is C18H15FN2O2. The lowest BCUT2D eigenvalue weighted by Crippen LogP contribution is -2.15. The number of pyridine rings is 1. The number of amides is 1. The number of aromatic nitrogens is 1. The maximum Gasteiger partial charge on any atom is 0.222 e. The number of halogens is 1. The highest BCUT2D eigenvalue weighted by molar-refractivity contribution is 5.83. The number of hydrogen-bond donors (Lipinski definition) is 1. The molecule has 0 aliphatic carbocycles. The maximum atomic E-state index is 12.9. The minimum atomic E-state index is -0.450. The van der Waals surface area contributed by atoms with Crippen molar-refractivity contribution in [2.24, 2.45) is 5.73 Å². The molecule has 0 spiro atoms. The average Bonchev–Trinajstić information content (AvgIpc) is 2.54. The van der Waals surface area contributed by atoms with Crippen LogP contribution < -0.4 is 10.5 Å². The van der Waals surface area contributed by atoms with Gasteiger partial charge in [0.15, 0.2) is 0 Å². The van der Waals surface area contributed by atoms with Crippen molar-refractivity contribution in [1.29, 1.82) is 0 Å². The lowest BCUT2D eigenvalue weighted by Gasteiger charge is -2.11. The molecule has 0 fully saturated rings. The Labute approximate surface area is 132 Å². The number of carbonyl (C=O) groups excluding carboxylic acids is 1. The van der Waals surface area contributed by atoms with Crippen LogP contribution in [0.2, 0.25) is 0 Å². The topological polar surface area (TPSA) is 65.2 Å². The van der Waals surface area contributed by atoms with Gasteiger partial charge in [0.2, 0.25) is 11.8 Å². The molecule has 5 heteroatoms. The average molecular weight is 310 g/mol. The normalized spacial score (nSPS) is 10.7. The number of para-hydroxylation sites is 1. The Morgan fingerprint density at radius 3 is 2.61 bits per heavy atom. The van der Waals surface area contributed by atoms with Gasteiger partial charge in [-0.05, 0) is 29.8 Å². The van der Waals surface area contributed by atoms with E-state index in [4.69, 9.17) is 10.5 Å². The van der Waals surface area contributed by atoms with Crippen LogP contribution in [0.4, 0.5) is 4.39 Å². The van der Waals surface area contributed by atoms with Gasteiger partial charge >= 0.3 is 0 Å². The predicted octanol–water partition coefficient (Wildman–Crippen LogP) is 2.98. The van der Waals surface area contributed by atoms with E-state index in [1.54, 1.807) is 12.1 Å². The fraction of sp³-hybridized carbons (Fsp3) is 0.111. The molecule has 2 N–H and O–H groups in total. The van der Waals surface area contributed by atoms with Gasteiger partial charge in [-0.25, -0.2) is 9.37 Å². The maximum absolute atomic E-state index is 12.9. The van der Waals surface area contributed by atoms with Crippen molar-refractivity contribution < 1.29 is 13.9 Å². The van der Waals surface area contributed by atoms with Gasteiger partial charge in [0, 0.05) is 10.9 Å². The van der Waals surface area contributed by atoms with E-state index >= 15 is 0 Å². The second kappa shape index (κ2) is 6.44. The van der Waals surface area contributed by atoms with Crippen molar-refractivity contribution in [2.75, 3.05) is 0 Å². The minimum absolute atomic E-state index is 0.0522. The summed E-state index contributed by atoms with van der Waals surface area (Å²) in [5.74, 6) is -0.382. The number of primary amides is 1. The summed E-state index contributed by atoms with van der Waals surface area (Å²) in [6, 6.07) is 15.4. The van der Waals surface area contributed by atoms with Gasteiger partial charge in [0.05, 0.1) is 11.9 Å². The summed E-state index contributed by atoms with van der Waals surface area (Å²) in [6.45, 7) is 0.234. The van der Waals surface area contributed by atoms with Crippen LogP contribution in [0.5, 0.6) is 5.88 Å². The van der Waals surface area contributed by atoms with Gasteiger partial charge in [-0.2, -0.15) is 0 Å². The fourth-order valence-corrected chi connectivity index (χ4v) is 2.31. The summed E-state index contributed by atoms with van der Waals surface area (Å²) in [5, 5.41) is 0.915. The summed E-state index contributed by atoms with van der Waals surface area (Å²) in [7, 11) is 0. The van der Waals surface area contributed by atoms with E-state index in [1.807, 2.05) is 30.3 Å². The molecule has 116 valence electrons. The van der Waals surface area contributed by atoms with Crippen molar-refractivity contribution in [1.82, 2.24) is 4.98 Å². The van der Waals surface area contributed by atoms with Gasteiger partial charge in [-0.1, -0.05) is 30.3 Å². The van der Waals surface area contributed by atoms with Crippen LogP contribution in [0, 0.1) is 5.82 Å². The highest BCUT2D eigenvalue weighted by atomic mass is 19.1. The summed E-state index contributed by atoms with van der Waals surface area (Å²) >= 11 is 0. The highest BCUT2D eigenvalue weighted by Crippen LogP contribution is 2.23. The molecule has 1 aromatic heterocycles. The number of carbonyl (C=O) groups is 1. The van der Waals surface area contributed by atoms with Crippen molar-refractivity contribution in [3.8, 4) is 5.88 Å². The molecular weight excluding hydrogens is 295 g/mol. The fourth-order valence-electron chi connectivity index (χ4n) is 2.31. The first-order valence-electron chi connectivity index (χ1n) is 7.16. The number of nitrogens with two attached hydrogens (primary N) is 1. The highest BCUT2D eigenvalue weighted by Gasteiger charge is 2.11. The zero-order chi connectivity index (χ0) is 16.2. The van der Waals surface area contributed by atoms with E-state index < -0.39 is 5.91 Å². The first-order chi connectivity index (χ1) is 11.1. The second-order valence-electron chi connectivity index (χ2n) is 5.20. The predicted molar refractivity (Wildman–Crippen MR) is 85.4 cm³/mol. The molecule has 0 unspecified atom stereocenters. The standard InChI is InChI=1S/C18H15FN2O2/c19-15-7-5-12(6-8-15)11-23-18-14(10-17(20)22)9-13-3-1-2-4-16(13)21-18/h1-9H,10-11H2,(H2,20,22). The van der Waals surface area contributed by atoms with Crippen LogP contribution in [0.3, 0.4) is 0 Å². The molecule has 0 radical (unpaired) electrons. The number of benzene rings is 2. The molecule has 3 aromatic rings. The molecule has 0 aliphatic heterocycles. The van der Waals surface area contributed by atoms with Crippen LogP contribution in [0.15, 0.2) is 54.6 Å². The molecule has 3 rings (SSSR count). The van der Waals surface area contributed by atoms with Gasteiger partial charge in [-0.15, -0.1) is 0 Å². The Hall–Kier alpha value is -2.95. The van der Waals surface area contributed by atoms with E-state index in [2.05, 4.69) is 4.98 Å². The van der Waals surface area contributed by atoms with Crippen molar-refractivity contribution in [3.05, 3.63) is 71.5 Å². The Bertz CT molecular complexity index is 847. The molecule has 0 bridgehead atoms. The first-order valence-corrected chi connectivity index (χ1v) is 7.16. The smallest absolute Gasteiger partial charge is 0.222 e. The minimum Gasteiger partial charge on any atom is -0.473 e. The third-order valence-electron chi connectivity index (χ3n) is 3.42. The molecule has 0 saturated carbocycles. The van der Waals surface area contributed by atoms with E-state index in [9.17, 15) is 9.18 Å². The number of hydrogen-bond acceptors (Lipinski definition) is 3. The molecule has 0 saturated heterocycles. The van der Waals surface area contributed by atoms with Gasteiger partial charge in [0.25, 0.3) is 0 Å². The van der Waals surface area contributed by atoms with Gasteiger partial charge in [0.1, 0.15) is 12.4 Å². The van der Waals surface area contributed by atoms with Crippen LogP contribution >= 0.6 is 0 Å². The molecule has 0 atom stereocenters. The molecule has 23 heavy (non-hydrogen) atoms. The molecule has 1 heterocycles. The Kier molecular flexibility index (Phi) is 4.19. The number of rotatable bonds is 5.